The molecule has 0 heterocycles. The largest absolute Gasteiger partial charge is 0.465 e. The third-order valence-electron chi connectivity index (χ3n) is 5.91. The summed E-state index contributed by atoms with van der Waals surface area (Å²) in [4.78, 5) is 20.5. The third-order valence-corrected chi connectivity index (χ3v) is 7.71. The van der Waals surface area contributed by atoms with Crippen LogP contribution in [-0.4, -0.2) is 50.0 Å². The maximum atomic E-state index is 12.6. The van der Waals surface area contributed by atoms with Crippen molar-refractivity contribution in [1.29, 1.82) is 0 Å². The first kappa shape index (κ1) is 33.3. The smallest absolute Gasteiger partial charge is 0.351 e. The van der Waals surface area contributed by atoms with Crippen LogP contribution in [0.25, 0.3) is 0 Å². The van der Waals surface area contributed by atoms with Crippen LogP contribution in [-0.2, 0) is 23.1 Å². The van der Waals surface area contributed by atoms with Crippen LogP contribution < -0.4 is 0 Å². The third kappa shape index (κ3) is 11.2. The molecule has 7 nitrogen and oxygen atoms in total. The standard InChI is InChI=1S/C18H22NO3P.C17H17NO2/c1-3-21-23(20,22-4-2)15-19-18(16-11-7-5-8-12-16)17-13-9-6-10-14-17;1-2-20-16(19)13-18-17(14-9-5-3-6-10-14)15-11-7-4-8-12-15/h5-14H,3-4,15H2,1-2H3;3-12H,2,13H2,1H3. The molecule has 0 fully saturated rings. The Morgan fingerprint density at radius 1 is 0.558 bits per heavy atom. The monoisotopic (exact) mass is 598 g/mol. The molecule has 0 N–H and O–H groups in total. The second kappa shape index (κ2) is 18.4. The molecule has 4 aromatic rings. The number of rotatable bonds is 13. The number of carbonyl (C=O) groups is 1. The first-order valence-corrected chi connectivity index (χ1v) is 16.1. The molecule has 4 rings (SSSR count). The van der Waals surface area contributed by atoms with Gasteiger partial charge in [0.25, 0.3) is 0 Å². The fourth-order valence-corrected chi connectivity index (χ4v) is 5.44. The van der Waals surface area contributed by atoms with Gasteiger partial charge in [-0.05, 0) is 20.8 Å². The summed E-state index contributed by atoms with van der Waals surface area (Å²) in [6.07, 6.45) is 0.00774. The zero-order valence-corrected chi connectivity index (χ0v) is 25.9. The lowest BCUT2D eigenvalue weighted by Gasteiger charge is -2.16. The number of hydrogen-bond acceptors (Lipinski definition) is 7. The van der Waals surface area contributed by atoms with Crippen molar-refractivity contribution >= 4 is 25.0 Å². The van der Waals surface area contributed by atoms with E-state index in [1.165, 1.54) is 0 Å². The van der Waals surface area contributed by atoms with Crippen LogP contribution in [0.1, 0.15) is 43.0 Å². The van der Waals surface area contributed by atoms with Crippen LogP contribution in [0.4, 0.5) is 0 Å². The molecule has 0 aliphatic heterocycles. The first-order chi connectivity index (χ1) is 21.0. The zero-order chi connectivity index (χ0) is 30.8. The van der Waals surface area contributed by atoms with Gasteiger partial charge in [0, 0.05) is 22.3 Å². The Bertz CT molecular complexity index is 1390. The lowest BCUT2D eigenvalue weighted by molar-refractivity contribution is -0.141. The van der Waals surface area contributed by atoms with Crippen molar-refractivity contribution in [3.05, 3.63) is 144 Å². The van der Waals surface area contributed by atoms with Crippen LogP contribution in [0.3, 0.4) is 0 Å². The molecule has 0 atom stereocenters. The maximum Gasteiger partial charge on any atom is 0.351 e. The summed E-state index contributed by atoms with van der Waals surface area (Å²) in [5.41, 5.74) is 5.51. The van der Waals surface area contributed by atoms with Crippen molar-refractivity contribution in [3.63, 3.8) is 0 Å². The number of hydrogen-bond donors (Lipinski definition) is 0. The van der Waals surface area contributed by atoms with Gasteiger partial charge in [-0.15, -0.1) is 0 Å². The average Bonchev–Trinajstić information content (AvgIpc) is 3.04. The summed E-state index contributed by atoms with van der Waals surface area (Å²) in [5, 5.41) is 0. The van der Waals surface area contributed by atoms with Gasteiger partial charge in [-0.25, -0.2) is 0 Å². The summed E-state index contributed by atoms with van der Waals surface area (Å²) in [6.45, 7) is 6.46. The molecular weight excluding hydrogens is 559 g/mol. The van der Waals surface area contributed by atoms with E-state index in [-0.39, 0.29) is 18.8 Å². The van der Waals surface area contributed by atoms with Crippen LogP contribution in [0.2, 0.25) is 0 Å². The number of carbonyl (C=O) groups excluding carboxylic acids is 1. The summed E-state index contributed by atoms with van der Waals surface area (Å²) in [5.74, 6) is -0.308. The zero-order valence-electron chi connectivity index (χ0n) is 25.0. The Kier molecular flexibility index (Phi) is 14.3. The fourth-order valence-electron chi connectivity index (χ4n) is 4.10. The van der Waals surface area contributed by atoms with Gasteiger partial charge in [0.05, 0.1) is 31.2 Å². The molecule has 0 saturated heterocycles. The minimum atomic E-state index is -3.20. The highest BCUT2D eigenvalue weighted by molar-refractivity contribution is 7.53. The molecule has 0 unspecified atom stereocenters. The quantitative estimate of drug-likeness (QED) is 0.0889. The minimum Gasteiger partial charge on any atom is -0.465 e. The lowest BCUT2D eigenvalue weighted by Crippen LogP contribution is -2.11. The SMILES string of the molecule is CCOC(=O)CN=C(c1ccccc1)c1ccccc1.CCOP(=O)(CN=C(c1ccccc1)c1ccccc1)OCC. The van der Waals surface area contributed by atoms with Crippen molar-refractivity contribution in [2.75, 3.05) is 32.7 Å². The van der Waals surface area contributed by atoms with E-state index in [9.17, 15) is 9.36 Å². The minimum absolute atomic E-state index is 0.00774. The summed E-state index contributed by atoms with van der Waals surface area (Å²) < 4.78 is 28.2. The summed E-state index contributed by atoms with van der Waals surface area (Å²) in [6, 6.07) is 39.3. The molecule has 0 saturated carbocycles. The normalized spacial score (nSPS) is 10.6. The van der Waals surface area contributed by atoms with Gasteiger partial charge in [-0.1, -0.05) is 121 Å². The summed E-state index contributed by atoms with van der Waals surface area (Å²) >= 11 is 0. The Labute approximate surface area is 254 Å². The number of esters is 1. The molecule has 0 radical (unpaired) electrons. The van der Waals surface area contributed by atoms with Crippen molar-refractivity contribution < 1.29 is 23.1 Å². The molecule has 0 bridgehead atoms. The van der Waals surface area contributed by atoms with E-state index < -0.39 is 7.60 Å². The van der Waals surface area contributed by atoms with Crippen molar-refractivity contribution in [2.45, 2.75) is 20.8 Å². The highest BCUT2D eigenvalue weighted by Crippen LogP contribution is 2.48. The van der Waals surface area contributed by atoms with Gasteiger partial charge in [0.2, 0.25) is 0 Å². The average molecular weight is 599 g/mol. The second-order valence-electron chi connectivity index (χ2n) is 9.03. The Morgan fingerprint density at radius 2 is 0.907 bits per heavy atom. The van der Waals surface area contributed by atoms with Crippen molar-refractivity contribution in [1.82, 2.24) is 0 Å². The van der Waals surface area contributed by atoms with Gasteiger partial charge in [0.15, 0.2) is 0 Å². The summed E-state index contributed by atoms with van der Waals surface area (Å²) in [7, 11) is -3.20. The van der Waals surface area contributed by atoms with Crippen molar-refractivity contribution in [3.8, 4) is 0 Å². The lowest BCUT2D eigenvalue weighted by atomic mass is 10.0. The van der Waals surface area contributed by atoms with Crippen LogP contribution in [0.15, 0.2) is 131 Å². The Balaban J connectivity index is 0.000000238. The number of nitrogens with zero attached hydrogens (tertiary/aromatic N) is 2. The molecule has 8 heteroatoms. The van der Waals surface area contributed by atoms with E-state index in [1.807, 2.05) is 121 Å². The Morgan fingerprint density at radius 3 is 1.23 bits per heavy atom. The highest BCUT2D eigenvalue weighted by Gasteiger charge is 2.23. The first-order valence-electron chi connectivity index (χ1n) is 14.3. The van der Waals surface area contributed by atoms with E-state index in [0.717, 1.165) is 33.7 Å². The van der Waals surface area contributed by atoms with E-state index in [1.54, 1.807) is 20.8 Å². The predicted molar refractivity (Wildman–Crippen MR) is 174 cm³/mol. The number of benzene rings is 4. The Hall–Kier alpha value is -4.16. The topological polar surface area (TPSA) is 86.6 Å². The molecule has 0 aromatic heterocycles. The van der Waals surface area contributed by atoms with Gasteiger partial charge in [-0.2, -0.15) is 0 Å². The van der Waals surface area contributed by atoms with Gasteiger partial charge >= 0.3 is 13.6 Å². The molecule has 0 spiro atoms. The molecule has 0 aliphatic rings. The molecule has 0 amide bonds. The van der Waals surface area contributed by atoms with Gasteiger partial charge < -0.3 is 13.8 Å². The van der Waals surface area contributed by atoms with E-state index in [4.69, 9.17) is 13.8 Å². The van der Waals surface area contributed by atoms with Crippen molar-refractivity contribution in [2.24, 2.45) is 9.98 Å². The van der Waals surface area contributed by atoms with Crippen LogP contribution in [0.5, 0.6) is 0 Å². The molecule has 0 aliphatic carbocycles. The molecule has 224 valence electrons. The number of ether oxygens (including phenoxy) is 1. The fraction of sp³-hybridized carbons (Fsp3) is 0.229. The highest BCUT2D eigenvalue weighted by atomic mass is 31.2. The van der Waals surface area contributed by atoms with Gasteiger partial charge in [0.1, 0.15) is 12.8 Å². The molecular formula is C35H39N2O5P. The molecule has 43 heavy (non-hydrogen) atoms. The van der Waals surface area contributed by atoms with E-state index in [2.05, 4.69) is 9.98 Å². The van der Waals surface area contributed by atoms with Crippen LogP contribution >= 0.6 is 7.60 Å². The molecule has 4 aromatic carbocycles. The van der Waals surface area contributed by atoms with E-state index >= 15 is 0 Å². The van der Waals surface area contributed by atoms with Gasteiger partial charge in [-0.3, -0.25) is 19.3 Å². The number of aliphatic imine (C=N–C) groups is 2. The van der Waals surface area contributed by atoms with Crippen LogP contribution in [0, 0.1) is 0 Å². The van der Waals surface area contributed by atoms with E-state index in [0.29, 0.717) is 19.8 Å². The predicted octanol–water partition coefficient (Wildman–Crippen LogP) is 7.83. The maximum absolute atomic E-state index is 12.6. The second-order valence-corrected chi connectivity index (χ2v) is 11.0.